The maximum Gasteiger partial charge on any atom is 0.254 e. The van der Waals surface area contributed by atoms with Crippen LogP contribution in [0, 0.1) is 6.92 Å². The monoisotopic (exact) mass is 429 g/mol. The first-order valence-electron chi connectivity index (χ1n) is 11.5. The van der Waals surface area contributed by atoms with Gasteiger partial charge in [0.25, 0.3) is 5.91 Å². The molecule has 3 aromatic rings. The number of rotatable bonds is 5. The van der Waals surface area contributed by atoms with E-state index in [1.54, 1.807) is 6.21 Å². The summed E-state index contributed by atoms with van der Waals surface area (Å²) >= 11 is 0. The molecule has 0 bridgehead atoms. The van der Waals surface area contributed by atoms with Gasteiger partial charge in [0.2, 0.25) is 0 Å². The molecule has 0 saturated carbocycles. The minimum absolute atomic E-state index is 0.0568. The van der Waals surface area contributed by atoms with Crippen LogP contribution < -0.4 is 10.3 Å². The van der Waals surface area contributed by atoms with E-state index >= 15 is 0 Å². The molecule has 166 valence electrons. The van der Waals surface area contributed by atoms with E-state index in [1.165, 1.54) is 34.1 Å². The largest absolute Gasteiger partial charge is 0.378 e. The quantitative estimate of drug-likeness (QED) is 0.495. The van der Waals surface area contributed by atoms with Crippen LogP contribution in [-0.4, -0.2) is 48.8 Å². The van der Waals surface area contributed by atoms with Crippen molar-refractivity contribution in [3.8, 4) is 0 Å². The summed E-state index contributed by atoms with van der Waals surface area (Å²) in [5.41, 5.74) is 10.4. The van der Waals surface area contributed by atoms with Crippen LogP contribution in [0.15, 0.2) is 47.6 Å². The first-order valence-corrected chi connectivity index (χ1v) is 11.5. The Morgan fingerprint density at radius 3 is 2.78 bits per heavy atom. The third-order valence-electron chi connectivity index (χ3n) is 6.80. The Bertz CT molecular complexity index is 1180. The average Bonchev–Trinajstić information content (AvgIpc) is 3.10. The molecular formula is C26H31N5O. The lowest BCUT2D eigenvalue weighted by molar-refractivity contribution is -0.123. The summed E-state index contributed by atoms with van der Waals surface area (Å²) in [4.78, 5) is 17.0. The molecule has 2 aromatic carbocycles. The molecule has 1 aliphatic heterocycles. The fourth-order valence-corrected chi connectivity index (χ4v) is 5.24. The Morgan fingerprint density at radius 1 is 1.19 bits per heavy atom. The summed E-state index contributed by atoms with van der Waals surface area (Å²) in [5, 5.41) is 5.59. The highest BCUT2D eigenvalue weighted by molar-refractivity contribution is 5.87. The number of nitrogens with one attached hydrogen (secondary N) is 1. The maximum absolute atomic E-state index is 12.7. The lowest BCUT2D eigenvalue weighted by Gasteiger charge is -2.39. The molecule has 1 amide bonds. The van der Waals surface area contributed by atoms with Crippen molar-refractivity contribution in [1.82, 2.24) is 14.9 Å². The second-order valence-electron chi connectivity index (χ2n) is 9.19. The van der Waals surface area contributed by atoms with Crippen molar-refractivity contribution in [2.45, 2.75) is 38.8 Å². The highest BCUT2D eigenvalue weighted by Gasteiger charge is 2.35. The van der Waals surface area contributed by atoms with Crippen molar-refractivity contribution in [3.05, 3.63) is 64.8 Å². The molecule has 6 heteroatoms. The maximum atomic E-state index is 12.7. The number of benzene rings is 2. The second kappa shape index (κ2) is 8.43. The van der Waals surface area contributed by atoms with Crippen LogP contribution in [0.25, 0.3) is 10.9 Å². The highest BCUT2D eigenvalue weighted by Crippen LogP contribution is 2.42. The van der Waals surface area contributed by atoms with Gasteiger partial charge in [-0.05, 0) is 61.6 Å². The summed E-state index contributed by atoms with van der Waals surface area (Å²) in [6, 6.07) is 15.2. The Kier molecular flexibility index (Phi) is 5.47. The van der Waals surface area contributed by atoms with Crippen LogP contribution in [-0.2, 0) is 17.8 Å². The molecule has 0 spiro atoms. The van der Waals surface area contributed by atoms with E-state index in [1.807, 2.05) is 38.4 Å². The highest BCUT2D eigenvalue weighted by atomic mass is 16.2. The average molecular weight is 430 g/mol. The minimum atomic E-state index is -0.0568. The van der Waals surface area contributed by atoms with Crippen LogP contribution >= 0.6 is 0 Å². The predicted octanol–water partition coefficient (Wildman–Crippen LogP) is 3.86. The third-order valence-corrected chi connectivity index (χ3v) is 6.80. The van der Waals surface area contributed by atoms with Gasteiger partial charge in [0.1, 0.15) is 0 Å². The van der Waals surface area contributed by atoms with Crippen molar-refractivity contribution in [3.63, 3.8) is 0 Å². The van der Waals surface area contributed by atoms with Crippen molar-refractivity contribution in [2.75, 3.05) is 32.1 Å². The smallest absolute Gasteiger partial charge is 0.254 e. The van der Waals surface area contributed by atoms with Gasteiger partial charge in [-0.2, -0.15) is 5.10 Å². The molecule has 5 rings (SSSR count). The molecule has 6 nitrogen and oxygen atoms in total. The van der Waals surface area contributed by atoms with Gasteiger partial charge >= 0.3 is 0 Å². The molecule has 1 aliphatic carbocycles. The Morgan fingerprint density at radius 2 is 2.00 bits per heavy atom. The zero-order chi connectivity index (χ0) is 22.2. The number of hydrazone groups is 1. The second-order valence-corrected chi connectivity index (χ2v) is 9.19. The zero-order valence-electron chi connectivity index (χ0n) is 19.1. The van der Waals surface area contributed by atoms with E-state index in [9.17, 15) is 4.79 Å². The number of aryl methyl sites for hydroxylation is 2. The molecule has 32 heavy (non-hydrogen) atoms. The Balaban J connectivity index is 1.28. The van der Waals surface area contributed by atoms with E-state index in [0.717, 1.165) is 37.2 Å². The van der Waals surface area contributed by atoms with Crippen LogP contribution in [0.4, 0.5) is 5.69 Å². The van der Waals surface area contributed by atoms with Crippen molar-refractivity contribution < 1.29 is 4.79 Å². The van der Waals surface area contributed by atoms with Gasteiger partial charge in [0.05, 0.1) is 18.8 Å². The van der Waals surface area contributed by atoms with Crippen LogP contribution in [0.5, 0.6) is 0 Å². The summed E-state index contributed by atoms with van der Waals surface area (Å²) in [5.74, 6) is -0.0568. The van der Waals surface area contributed by atoms with Crippen LogP contribution in [0.1, 0.15) is 41.3 Å². The summed E-state index contributed by atoms with van der Waals surface area (Å²) in [6.45, 7) is 4.36. The van der Waals surface area contributed by atoms with Crippen molar-refractivity contribution >= 4 is 28.7 Å². The number of amides is 1. The number of carbonyl (C=O) groups is 1. The van der Waals surface area contributed by atoms with Crippen molar-refractivity contribution in [1.29, 1.82) is 0 Å². The fraction of sp³-hybridized carbons (Fsp3) is 0.385. The standard InChI is InChI=1S/C26H31N5O/c1-18-7-12-23-22(15-18)21-5-4-6-24-26(21)31(23)14-13-30(24)17-25(32)28-27-16-19-8-10-20(11-9-19)29(2)3/h7-12,15-16,24H,4-6,13-14,17H2,1-3H3,(H,28,32)/b27-16+/t24-/m1/s1. The van der Waals surface area contributed by atoms with Crippen LogP contribution in [0.3, 0.4) is 0 Å². The van der Waals surface area contributed by atoms with Gasteiger partial charge in [-0.1, -0.05) is 23.8 Å². The predicted molar refractivity (Wildman–Crippen MR) is 130 cm³/mol. The first kappa shape index (κ1) is 20.8. The molecule has 2 heterocycles. The van der Waals surface area contributed by atoms with E-state index in [0.29, 0.717) is 12.6 Å². The molecule has 2 aliphatic rings. The van der Waals surface area contributed by atoms with Gasteiger partial charge < -0.3 is 9.47 Å². The normalized spacial score (nSPS) is 18.2. The third kappa shape index (κ3) is 3.79. The lowest BCUT2D eigenvalue weighted by Crippen LogP contribution is -2.44. The number of nitrogens with zero attached hydrogens (tertiary/aromatic N) is 4. The molecular weight excluding hydrogens is 398 g/mol. The van der Waals surface area contributed by atoms with Gasteiger partial charge in [0, 0.05) is 49.5 Å². The first-order chi connectivity index (χ1) is 15.5. The number of carbonyl (C=O) groups excluding carboxylic acids is 1. The van der Waals surface area contributed by atoms with Gasteiger partial charge in [-0.25, -0.2) is 5.43 Å². The van der Waals surface area contributed by atoms with E-state index < -0.39 is 0 Å². The minimum Gasteiger partial charge on any atom is -0.378 e. The number of anilines is 1. The molecule has 1 N–H and O–H groups in total. The zero-order valence-corrected chi connectivity index (χ0v) is 19.1. The number of hydrogen-bond acceptors (Lipinski definition) is 4. The van der Waals surface area contributed by atoms with Crippen molar-refractivity contribution in [2.24, 2.45) is 5.10 Å². The topological polar surface area (TPSA) is 52.9 Å². The van der Waals surface area contributed by atoms with E-state index in [2.05, 4.69) is 50.0 Å². The fourth-order valence-electron chi connectivity index (χ4n) is 5.24. The summed E-state index contributed by atoms with van der Waals surface area (Å²) in [6.07, 6.45) is 5.11. The summed E-state index contributed by atoms with van der Waals surface area (Å²) in [7, 11) is 4.03. The Hall–Kier alpha value is -3.12. The summed E-state index contributed by atoms with van der Waals surface area (Å²) < 4.78 is 2.50. The molecule has 0 saturated heterocycles. The van der Waals surface area contributed by atoms with E-state index in [4.69, 9.17) is 0 Å². The molecule has 0 radical (unpaired) electrons. The molecule has 1 aromatic heterocycles. The van der Waals surface area contributed by atoms with Gasteiger partial charge in [0.15, 0.2) is 0 Å². The van der Waals surface area contributed by atoms with Gasteiger partial charge in [-0.15, -0.1) is 0 Å². The van der Waals surface area contributed by atoms with E-state index in [-0.39, 0.29) is 5.91 Å². The number of aromatic nitrogens is 1. The molecule has 1 atom stereocenters. The SMILES string of the molecule is Cc1ccc2c(c1)c1c3n2CCN(CC(=O)N/N=C/c2ccc(N(C)C)cc2)[C@@H]3CCC1. The number of hydrogen-bond donors (Lipinski definition) is 1. The number of fused-ring (bicyclic) bond motifs is 3. The Labute approximate surface area is 189 Å². The molecule has 0 unspecified atom stereocenters. The van der Waals surface area contributed by atoms with Gasteiger partial charge in [-0.3, -0.25) is 9.69 Å². The van der Waals surface area contributed by atoms with Crippen LogP contribution in [0.2, 0.25) is 0 Å². The molecule has 0 fully saturated rings. The lowest BCUT2D eigenvalue weighted by atomic mass is 9.89.